The number of hydrogen-bond acceptors (Lipinski definition) is 3. The Bertz CT molecular complexity index is 517. The van der Waals surface area contributed by atoms with E-state index < -0.39 is 5.72 Å². The van der Waals surface area contributed by atoms with Crippen LogP contribution in [0, 0.1) is 0 Å². The van der Waals surface area contributed by atoms with Gasteiger partial charge in [0.2, 0.25) is 0 Å². The third-order valence-corrected chi connectivity index (χ3v) is 10.3. The Morgan fingerprint density at radius 3 is 1.00 bits per heavy atom. The zero-order chi connectivity index (χ0) is 32.4. The van der Waals surface area contributed by atoms with E-state index in [0.29, 0.717) is 0 Å². The van der Waals surface area contributed by atoms with Crippen LogP contribution in [-0.4, -0.2) is 41.4 Å². The molecule has 0 aliphatic carbocycles. The van der Waals surface area contributed by atoms with Crippen molar-refractivity contribution in [3.05, 3.63) is 0 Å². The zero-order valence-corrected chi connectivity index (χ0v) is 31.5. The van der Waals surface area contributed by atoms with Gasteiger partial charge in [-0.05, 0) is 52.2 Å². The van der Waals surface area contributed by atoms with Crippen LogP contribution >= 0.6 is 0 Å². The van der Waals surface area contributed by atoms with Gasteiger partial charge in [-0.25, -0.2) is 0 Å². The maximum Gasteiger partial charge on any atom is 0.131 e. The molecule has 0 rings (SSSR count). The molecule has 3 nitrogen and oxygen atoms in total. The molecule has 3 heteroatoms. The first-order chi connectivity index (χ1) is 21.6. The molecular weight excluding hydrogens is 536 g/mol. The number of nitrogens with one attached hydrogen (secondary N) is 1. The topological polar surface area (TPSA) is 35.5 Å². The molecule has 0 aliphatic heterocycles. The molecule has 0 aliphatic rings. The van der Waals surface area contributed by atoms with Gasteiger partial charge in [0, 0.05) is 6.04 Å². The molecule has 0 aromatic heterocycles. The maximum absolute atomic E-state index is 11.8. The second-order valence-electron chi connectivity index (χ2n) is 14.5. The van der Waals surface area contributed by atoms with Gasteiger partial charge in [0.05, 0.1) is 0 Å². The van der Waals surface area contributed by atoms with Crippen LogP contribution in [0.4, 0.5) is 0 Å². The van der Waals surface area contributed by atoms with Gasteiger partial charge in [0.1, 0.15) is 5.72 Å². The molecule has 2 atom stereocenters. The predicted octanol–water partition coefficient (Wildman–Crippen LogP) is 13.1. The van der Waals surface area contributed by atoms with Gasteiger partial charge in [-0.15, -0.1) is 0 Å². The summed E-state index contributed by atoms with van der Waals surface area (Å²) in [5.74, 6) is 0. The first-order valence-electron chi connectivity index (χ1n) is 20.8. The van der Waals surface area contributed by atoms with Gasteiger partial charge in [-0.3, -0.25) is 10.2 Å². The lowest BCUT2D eigenvalue weighted by molar-refractivity contribution is -0.0708. The Morgan fingerprint density at radius 1 is 0.432 bits per heavy atom. The summed E-state index contributed by atoms with van der Waals surface area (Å²) in [4.78, 5) is 2.64. The lowest BCUT2D eigenvalue weighted by atomic mass is 9.98. The summed E-state index contributed by atoms with van der Waals surface area (Å²) in [6, 6.07) is 0.160. The third kappa shape index (κ3) is 27.0. The van der Waals surface area contributed by atoms with Crippen LogP contribution < -0.4 is 5.32 Å². The van der Waals surface area contributed by atoms with Gasteiger partial charge in [0.25, 0.3) is 0 Å². The van der Waals surface area contributed by atoms with Crippen LogP contribution in [0.1, 0.15) is 234 Å². The minimum atomic E-state index is -0.781. The number of rotatable bonds is 37. The quantitative estimate of drug-likeness (QED) is 0.0534. The average molecular weight is 623 g/mol. The van der Waals surface area contributed by atoms with Crippen molar-refractivity contribution in [2.45, 2.75) is 245 Å². The molecule has 0 saturated heterocycles. The largest absolute Gasteiger partial charge is 0.374 e. The molecule has 0 fully saturated rings. The Balaban J connectivity index is 4.50. The Labute approximate surface area is 279 Å². The molecule has 0 amide bonds. The molecule has 44 heavy (non-hydrogen) atoms. The van der Waals surface area contributed by atoms with E-state index in [1.807, 2.05) is 0 Å². The number of hydrogen-bond donors (Lipinski definition) is 2. The summed E-state index contributed by atoms with van der Waals surface area (Å²) in [6.45, 7) is 14.6. The van der Waals surface area contributed by atoms with Crippen molar-refractivity contribution < 1.29 is 5.11 Å². The van der Waals surface area contributed by atoms with Gasteiger partial charge in [-0.1, -0.05) is 201 Å². The van der Waals surface area contributed by atoms with Crippen molar-refractivity contribution in [1.29, 1.82) is 0 Å². The second kappa shape index (κ2) is 34.2. The Kier molecular flexibility index (Phi) is 34.1. The lowest BCUT2D eigenvalue weighted by Crippen LogP contribution is -2.60. The highest BCUT2D eigenvalue weighted by Gasteiger charge is 2.34. The van der Waals surface area contributed by atoms with Crippen molar-refractivity contribution in [1.82, 2.24) is 10.2 Å². The molecule has 0 aromatic carbocycles. The lowest BCUT2D eigenvalue weighted by Gasteiger charge is -2.41. The molecule has 0 radical (unpaired) electrons. The maximum atomic E-state index is 11.8. The molecule has 266 valence electrons. The van der Waals surface area contributed by atoms with Crippen LogP contribution in [-0.2, 0) is 0 Å². The minimum Gasteiger partial charge on any atom is -0.374 e. The summed E-state index contributed by atoms with van der Waals surface area (Å²) in [5, 5.41) is 15.4. The van der Waals surface area contributed by atoms with E-state index in [1.54, 1.807) is 0 Å². The molecule has 0 saturated carbocycles. The van der Waals surface area contributed by atoms with Gasteiger partial charge >= 0.3 is 0 Å². The van der Waals surface area contributed by atoms with Crippen molar-refractivity contribution in [2.75, 3.05) is 19.6 Å². The smallest absolute Gasteiger partial charge is 0.131 e. The van der Waals surface area contributed by atoms with Crippen LogP contribution in [0.25, 0.3) is 0 Å². The molecule has 0 aromatic rings. The van der Waals surface area contributed by atoms with E-state index in [9.17, 15) is 5.11 Å². The zero-order valence-electron chi connectivity index (χ0n) is 31.5. The van der Waals surface area contributed by atoms with E-state index in [0.717, 1.165) is 26.1 Å². The van der Waals surface area contributed by atoms with E-state index in [1.165, 1.54) is 193 Å². The highest BCUT2D eigenvalue weighted by atomic mass is 16.3. The summed E-state index contributed by atoms with van der Waals surface area (Å²) >= 11 is 0. The number of nitrogens with zero attached hydrogens (tertiary/aromatic N) is 1. The first-order valence-corrected chi connectivity index (χ1v) is 20.8. The SMILES string of the molecule is CCCCCCCCCCCCNC(O)(CC)C(C)N(CCCCCCCCCCCC)CCCCCCCCCCCC. The molecule has 0 spiro atoms. The highest BCUT2D eigenvalue weighted by molar-refractivity contribution is 4.87. The van der Waals surface area contributed by atoms with Gasteiger partial charge < -0.3 is 5.11 Å². The second-order valence-corrected chi connectivity index (χ2v) is 14.5. The molecular formula is C41H86N2O. The van der Waals surface area contributed by atoms with Crippen molar-refractivity contribution in [3.63, 3.8) is 0 Å². The fourth-order valence-electron chi connectivity index (χ4n) is 6.89. The van der Waals surface area contributed by atoms with Gasteiger partial charge in [0.15, 0.2) is 0 Å². The number of unbranched alkanes of at least 4 members (excludes halogenated alkanes) is 27. The highest BCUT2D eigenvalue weighted by Crippen LogP contribution is 2.21. The van der Waals surface area contributed by atoms with E-state index in [-0.39, 0.29) is 6.04 Å². The number of aliphatic hydroxyl groups is 1. The van der Waals surface area contributed by atoms with Crippen LogP contribution in [0.5, 0.6) is 0 Å². The fraction of sp³-hybridized carbons (Fsp3) is 1.00. The molecule has 0 heterocycles. The van der Waals surface area contributed by atoms with Crippen molar-refractivity contribution >= 4 is 0 Å². The van der Waals surface area contributed by atoms with Crippen molar-refractivity contribution in [2.24, 2.45) is 0 Å². The predicted molar refractivity (Wildman–Crippen MR) is 200 cm³/mol. The Hall–Kier alpha value is -0.120. The van der Waals surface area contributed by atoms with E-state index in [2.05, 4.69) is 44.8 Å². The summed E-state index contributed by atoms with van der Waals surface area (Å²) in [6.07, 6.45) is 42.1. The van der Waals surface area contributed by atoms with E-state index in [4.69, 9.17) is 0 Å². The van der Waals surface area contributed by atoms with E-state index >= 15 is 0 Å². The van der Waals surface area contributed by atoms with Crippen LogP contribution in [0.2, 0.25) is 0 Å². The monoisotopic (exact) mass is 623 g/mol. The summed E-state index contributed by atoms with van der Waals surface area (Å²) < 4.78 is 0. The standard InChI is InChI=1S/C41H86N2O/c1-6-10-13-16-19-22-25-28-31-34-37-42-41(44,9-4)40(5)43(38-35-32-29-26-23-20-17-14-11-7-2)39-36-33-30-27-24-21-18-15-12-8-3/h40,42,44H,6-39H2,1-5H3. The fourth-order valence-corrected chi connectivity index (χ4v) is 6.89. The third-order valence-electron chi connectivity index (χ3n) is 10.3. The Morgan fingerprint density at radius 2 is 0.705 bits per heavy atom. The summed E-state index contributed by atoms with van der Waals surface area (Å²) in [7, 11) is 0. The summed E-state index contributed by atoms with van der Waals surface area (Å²) in [5.41, 5.74) is -0.781. The van der Waals surface area contributed by atoms with Gasteiger partial charge in [-0.2, -0.15) is 0 Å². The molecule has 0 bridgehead atoms. The van der Waals surface area contributed by atoms with Crippen LogP contribution in [0.3, 0.4) is 0 Å². The molecule has 2 N–H and O–H groups in total. The normalized spacial score (nSPS) is 14.0. The molecule has 2 unspecified atom stereocenters. The van der Waals surface area contributed by atoms with Crippen LogP contribution in [0.15, 0.2) is 0 Å². The first kappa shape index (κ1) is 43.9. The average Bonchev–Trinajstić information content (AvgIpc) is 3.03. The van der Waals surface area contributed by atoms with Crippen molar-refractivity contribution in [3.8, 4) is 0 Å². The minimum absolute atomic E-state index is 0.160.